The lowest BCUT2D eigenvalue weighted by Gasteiger charge is -2.50. The number of benzene rings is 1. The van der Waals surface area contributed by atoms with E-state index < -0.39 is 11.5 Å². The first kappa shape index (κ1) is 18.1. The Morgan fingerprint density at radius 3 is 2.85 bits per heavy atom. The molecule has 0 bridgehead atoms. The van der Waals surface area contributed by atoms with E-state index in [4.69, 9.17) is 4.74 Å². The number of carbonyl (C=O) groups excluding carboxylic acids is 2. The van der Waals surface area contributed by atoms with E-state index in [0.717, 1.165) is 31.2 Å². The van der Waals surface area contributed by atoms with Crippen molar-refractivity contribution in [2.45, 2.75) is 37.1 Å². The normalized spacial score (nSPS) is 20.7. The van der Waals surface area contributed by atoms with E-state index in [9.17, 15) is 9.59 Å². The summed E-state index contributed by atoms with van der Waals surface area (Å²) in [4.78, 5) is 32.8. The van der Waals surface area contributed by atoms with Crippen molar-refractivity contribution >= 4 is 28.3 Å². The SMILES string of the molecule is COCCN1C(=O)c2ccccc2C(C(=O)Nc2nccs2)C12CCCC2. The number of anilines is 1. The minimum absolute atomic E-state index is 0.00264. The maximum atomic E-state index is 13.4. The molecule has 1 N–H and O–H groups in total. The second-order valence-electron chi connectivity index (χ2n) is 7.11. The van der Waals surface area contributed by atoms with Gasteiger partial charge in [-0.3, -0.25) is 9.59 Å². The fraction of sp³-hybridized carbons (Fsp3) is 0.450. The number of nitrogens with one attached hydrogen (secondary N) is 1. The molecule has 6 nitrogen and oxygen atoms in total. The van der Waals surface area contributed by atoms with Crippen LogP contribution in [0.5, 0.6) is 0 Å². The van der Waals surface area contributed by atoms with Crippen molar-refractivity contribution in [3.05, 3.63) is 47.0 Å². The number of aromatic nitrogens is 1. The zero-order valence-electron chi connectivity index (χ0n) is 15.3. The summed E-state index contributed by atoms with van der Waals surface area (Å²) in [7, 11) is 1.64. The largest absolute Gasteiger partial charge is 0.383 e. The molecule has 1 aromatic carbocycles. The predicted octanol–water partition coefficient (Wildman–Crippen LogP) is 3.28. The molecule has 1 unspecified atom stereocenters. The van der Waals surface area contributed by atoms with Gasteiger partial charge in [0.15, 0.2) is 5.13 Å². The van der Waals surface area contributed by atoms with Gasteiger partial charge in [-0.25, -0.2) is 4.98 Å². The van der Waals surface area contributed by atoms with Gasteiger partial charge in [0.1, 0.15) is 0 Å². The molecule has 142 valence electrons. The van der Waals surface area contributed by atoms with Crippen LogP contribution in [0.1, 0.15) is 47.5 Å². The van der Waals surface area contributed by atoms with Crippen molar-refractivity contribution in [2.24, 2.45) is 0 Å². The van der Waals surface area contributed by atoms with Gasteiger partial charge in [-0.2, -0.15) is 0 Å². The van der Waals surface area contributed by atoms with Gasteiger partial charge in [0.05, 0.1) is 18.1 Å². The Balaban J connectivity index is 1.80. The zero-order valence-corrected chi connectivity index (χ0v) is 16.1. The molecule has 2 heterocycles. The molecule has 1 spiro atoms. The van der Waals surface area contributed by atoms with E-state index in [2.05, 4.69) is 10.3 Å². The minimum atomic E-state index is -0.495. The van der Waals surface area contributed by atoms with Crippen molar-refractivity contribution in [2.75, 3.05) is 25.6 Å². The number of hydrogen-bond acceptors (Lipinski definition) is 5. The lowest BCUT2D eigenvalue weighted by atomic mass is 9.71. The summed E-state index contributed by atoms with van der Waals surface area (Å²) in [5.41, 5.74) is 0.947. The first-order chi connectivity index (χ1) is 13.2. The maximum absolute atomic E-state index is 13.4. The highest BCUT2D eigenvalue weighted by atomic mass is 32.1. The van der Waals surface area contributed by atoms with E-state index in [1.165, 1.54) is 11.3 Å². The van der Waals surface area contributed by atoms with Crippen LogP contribution in [0.4, 0.5) is 5.13 Å². The van der Waals surface area contributed by atoms with Crippen LogP contribution in [0.2, 0.25) is 0 Å². The van der Waals surface area contributed by atoms with Crippen molar-refractivity contribution < 1.29 is 14.3 Å². The predicted molar refractivity (Wildman–Crippen MR) is 104 cm³/mol. The summed E-state index contributed by atoms with van der Waals surface area (Å²) < 4.78 is 5.26. The zero-order chi connectivity index (χ0) is 18.9. The molecule has 1 atom stereocenters. The summed E-state index contributed by atoms with van der Waals surface area (Å²) in [5, 5.41) is 5.40. The van der Waals surface area contributed by atoms with Gasteiger partial charge in [0, 0.05) is 30.8 Å². The van der Waals surface area contributed by atoms with Crippen molar-refractivity contribution in [3.63, 3.8) is 0 Å². The third-order valence-corrected chi connectivity index (χ3v) is 6.42. The van der Waals surface area contributed by atoms with Gasteiger partial charge in [-0.15, -0.1) is 11.3 Å². The summed E-state index contributed by atoms with van der Waals surface area (Å²) in [6.07, 6.45) is 5.36. The number of ether oxygens (including phenoxy) is 1. The van der Waals surface area contributed by atoms with Crippen LogP contribution < -0.4 is 5.32 Å². The average Bonchev–Trinajstić information content (AvgIpc) is 3.35. The fourth-order valence-electron chi connectivity index (χ4n) is 4.64. The molecule has 7 heteroatoms. The van der Waals surface area contributed by atoms with Crippen molar-refractivity contribution in [1.29, 1.82) is 0 Å². The molecule has 1 aromatic heterocycles. The maximum Gasteiger partial charge on any atom is 0.254 e. The quantitative estimate of drug-likeness (QED) is 0.857. The lowest BCUT2D eigenvalue weighted by Crippen LogP contribution is -2.60. The first-order valence-electron chi connectivity index (χ1n) is 9.27. The van der Waals surface area contributed by atoms with Crippen molar-refractivity contribution in [1.82, 2.24) is 9.88 Å². The third kappa shape index (κ3) is 3.04. The number of thiazole rings is 1. The van der Waals surface area contributed by atoms with Gasteiger partial charge < -0.3 is 15.0 Å². The highest BCUT2D eigenvalue weighted by Crippen LogP contribution is 2.50. The molecule has 1 fully saturated rings. The van der Waals surface area contributed by atoms with Gasteiger partial charge in [0.2, 0.25) is 5.91 Å². The second kappa shape index (κ2) is 7.40. The number of rotatable bonds is 5. The van der Waals surface area contributed by atoms with Gasteiger partial charge in [-0.1, -0.05) is 31.0 Å². The number of fused-ring (bicyclic) bond motifs is 1. The Labute approximate surface area is 162 Å². The molecular weight excluding hydrogens is 362 g/mol. The second-order valence-corrected chi connectivity index (χ2v) is 8.00. The Morgan fingerprint density at radius 2 is 2.15 bits per heavy atom. The van der Waals surface area contributed by atoms with E-state index in [1.54, 1.807) is 13.3 Å². The molecule has 4 rings (SSSR count). The summed E-state index contributed by atoms with van der Waals surface area (Å²) >= 11 is 1.40. The average molecular weight is 385 g/mol. The Morgan fingerprint density at radius 1 is 1.37 bits per heavy atom. The van der Waals surface area contributed by atoms with E-state index >= 15 is 0 Å². The van der Waals surface area contributed by atoms with Crippen LogP contribution in [0.3, 0.4) is 0 Å². The van der Waals surface area contributed by atoms with E-state index in [0.29, 0.717) is 23.8 Å². The Kier molecular flexibility index (Phi) is 4.97. The van der Waals surface area contributed by atoms with Crippen LogP contribution in [-0.4, -0.2) is 47.5 Å². The smallest absolute Gasteiger partial charge is 0.254 e. The number of amides is 2. The highest BCUT2D eigenvalue weighted by molar-refractivity contribution is 7.13. The number of carbonyl (C=O) groups is 2. The molecule has 2 aliphatic rings. The standard InChI is InChI=1S/C20H23N3O3S/c1-26-12-11-23-18(25)15-7-3-2-6-14(15)16(20(23)8-4-5-9-20)17(24)22-19-21-10-13-27-19/h2-3,6-7,10,13,16H,4-5,8-9,11-12H2,1H3,(H,21,22,24). The minimum Gasteiger partial charge on any atom is -0.383 e. The summed E-state index contributed by atoms with van der Waals surface area (Å²) in [6, 6.07) is 7.51. The number of methoxy groups -OCH3 is 1. The molecule has 2 aromatic rings. The van der Waals surface area contributed by atoms with Crippen LogP contribution in [0.15, 0.2) is 35.8 Å². The van der Waals surface area contributed by atoms with E-state index in [1.807, 2.05) is 34.5 Å². The van der Waals surface area contributed by atoms with Crippen LogP contribution >= 0.6 is 11.3 Å². The highest BCUT2D eigenvalue weighted by Gasteiger charge is 2.55. The van der Waals surface area contributed by atoms with Crippen LogP contribution in [0.25, 0.3) is 0 Å². The molecule has 27 heavy (non-hydrogen) atoms. The van der Waals surface area contributed by atoms with Gasteiger partial charge in [0.25, 0.3) is 5.91 Å². The van der Waals surface area contributed by atoms with Crippen LogP contribution in [-0.2, 0) is 9.53 Å². The first-order valence-corrected chi connectivity index (χ1v) is 10.2. The molecule has 0 radical (unpaired) electrons. The molecular formula is C20H23N3O3S. The number of nitrogens with zero attached hydrogens (tertiary/aromatic N) is 2. The summed E-state index contributed by atoms with van der Waals surface area (Å²) in [6.45, 7) is 0.946. The molecule has 2 amide bonds. The fourth-order valence-corrected chi connectivity index (χ4v) is 5.17. The third-order valence-electron chi connectivity index (χ3n) is 5.74. The molecule has 1 aliphatic carbocycles. The topological polar surface area (TPSA) is 71.5 Å². The summed E-state index contributed by atoms with van der Waals surface area (Å²) in [5.74, 6) is -0.494. The Bertz CT molecular complexity index is 831. The van der Waals surface area contributed by atoms with Crippen LogP contribution in [0, 0.1) is 0 Å². The van der Waals surface area contributed by atoms with Gasteiger partial charge >= 0.3 is 0 Å². The van der Waals surface area contributed by atoms with Gasteiger partial charge in [-0.05, 0) is 24.5 Å². The lowest BCUT2D eigenvalue weighted by molar-refractivity contribution is -0.121. The molecule has 1 aliphatic heterocycles. The molecule has 0 saturated heterocycles. The Hall–Kier alpha value is -2.25. The van der Waals surface area contributed by atoms with E-state index in [-0.39, 0.29) is 11.8 Å². The monoisotopic (exact) mass is 385 g/mol. The molecule has 1 saturated carbocycles. The van der Waals surface area contributed by atoms with Crippen molar-refractivity contribution in [3.8, 4) is 0 Å². The number of hydrogen-bond donors (Lipinski definition) is 1.